The van der Waals surface area contributed by atoms with Gasteiger partial charge >= 0.3 is 5.97 Å². The van der Waals surface area contributed by atoms with Crippen LogP contribution in [-0.2, 0) is 16.1 Å². The molecule has 0 radical (unpaired) electrons. The van der Waals surface area contributed by atoms with E-state index < -0.39 is 0 Å². The summed E-state index contributed by atoms with van der Waals surface area (Å²) in [7, 11) is 0. The van der Waals surface area contributed by atoms with Gasteiger partial charge in [-0.05, 0) is 55.7 Å². The lowest BCUT2D eigenvalue weighted by Crippen LogP contribution is -2.10. The van der Waals surface area contributed by atoms with Gasteiger partial charge in [0.15, 0.2) is 0 Å². The van der Waals surface area contributed by atoms with Gasteiger partial charge in [0.25, 0.3) is 0 Å². The average molecular weight is 402 g/mol. The van der Waals surface area contributed by atoms with Crippen LogP contribution in [0.25, 0.3) is 0 Å². The maximum Gasteiger partial charge on any atom is 0.310 e. The second-order valence-electron chi connectivity index (χ2n) is 5.88. The summed E-state index contributed by atoms with van der Waals surface area (Å²) in [4.78, 5) is 12.2. The first kappa shape index (κ1) is 15.8. The molecule has 0 aromatic heterocycles. The average Bonchev–Trinajstić information content (AvgIpc) is 2.87. The van der Waals surface area contributed by atoms with Crippen LogP contribution in [0, 0.1) is 24.2 Å². The topological polar surface area (TPSA) is 26.3 Å². The van der Waals surface area contributed by atoms with Crippen LogP contribution in [-0.4, -0.2) is 5.97 Å². The predicted octanol–water partition coefficient (Wildman–Crippen LogP) is 4.94. The molecule has 2 atom stereocenters. The number of halogens is 2. The number of ether oxygens (including phenoxy) is 1. The first-order valence-electron chi connectivity index (χ1n) is 6.57. The fourth-order valence-corrected chi connectivity index (χ4v) is 3.19. The number of allylic oxidation sites excluding steroid dienone is 1. The fourth-order valence-electron chi connectivity index (χ4n) is 2.62. The quantitative estimate of drug-likeness (QED) is 0.667. The molecule has 1 aromatic carbocycles. The largest absolute Gasteiger partial charge is 0.461 e. The van der Waals surface area contributed by atoms with E-state index in [1.54, 1.807) is 0 Å². The van der Waals surface area contributed by atoms with Gasteiger partial charge in [0.05, 0.1) is 9.31 Å². The van der Waals surface area contributed by atoms with Gasteiger partial charge in [-0.25, -0.2) is 0 Å². The van der Waals surface area contributed by atoms with E-state index in [4.69, 9.17) is 4.74 Å². The Morgan fingerprint density at radius 2 is 2.10 bits per heavy atom. The molecule has 2 rings (SSSR count). The molecule has 1 saturated carbocycles. The highest BCUT2D eigenvalue weighted by Crippen LogP contribution is 2.60. The molecule has 0 bridgehead atoms. The third kappa shape index (κ3) is 3.53. The van der Waals surface area contributed by atoms with E-state index in [-0.39, 0.29) is 23.2 Å². The van der Waals surface area contributed by atoms with E-state index in [2.05, 4.69) is 45.7 Å². The second-order valence-corrected chi connectivity index (χ2v) is 8.65. The minimum Gasteiger partial charge on any atom is -0.461 e. The third-order valence-electron chi connectivity index (χ3n) is 3.93. The lowest BCUT2D eigenvalue weighted by molar-refractivity contribution is -0.147. The van der Waals surface area contributed by atoms with Gasteiger partial charge in [0, 0.05) is 0 Å². The summed E-state index contributed by atoms with van der Waals surface area (Å²) >= 11 is 6.71. The molecular weight excluding hydrogens is 384 g/mol. The molecule has 0 aliphatic heterocycles. The number of hydrogen-bond donors (Lipinski definition) is 0. The standard InChI is InChI=1S/C16H18Br2O2/c1-10-5-4-6-11(7-10)9-20-15(19)14-12(8-13(17)18)16(14,2)3/h4-8,12,14H,9H2,1-3H3/t12-,14+/m1/s1. The van der Waals surface area contributed by atoms with Gasteiger partial charge in [-0.2, -0.15) is 0 Å². The van der Waals surface area contributed by atoms with Crippen LogP contribution < -0.4 is 0 Å². The van der Waals surface area contributed by atoms with Crippen molar-refractivity contribution < 1.29 is 9.53 Å². The highest BCUT2D eigenvalue weighted by molar-refractivity contribution is 9.28. The van der Waals surface area contributed by atoms with Crippen LogP contribution in [0.4, 0.5) is 0 Å². The van der Waals surface area contributed by atoms with Crippen LogP contribution in [0.2, 0.25) is 0 Å². The first-order valence-corrected chi connectivity index (χ1v) is 8.16. The Morgan fingerprint density at radius 3 is 2.70 bits per heavy atom. The third-order valence-corrected chi connectivity index (χ3v) is 4.46. The molecule has 0 heterocycles. The summed E-state index contributed by atoms with van der Waals surface area (Å²) in [5.74, 6) is 0.0534. The van der Waals surface area contributed by atoms with Crippen molar-refractivity contribution >= 4 is 37.8 Å². The van der Waals surface area contributed by atoms with Gasteiger partial charge in [-0.15, -0.1) is 0 Å². The molecule has 20 heavy (non-hydrogen) atoms. The Hall–Kier alpha value is -0.610. The summed E-state index contributed by atoms with van der Waals surface area (Å²) < 4.78 is 6.34. The predicted molar refractivity (Wildman–Crippen MR) is 87.7 cm³/mol. The molecule has 108 valence electrons. The normalized spacial score (nSPS) is 23.1. The monoisotopic (exact) mass is 400 g/mol. The van der Waals surface area contributed by atoms with Crippen molar-refractivity contribution in [2.24, 2.45) is 17.3 Å². The number of benzene rings is 1. The zero-order valence-corrected chi connectivity index (χ0v) is 15.0. The maximum absolute atomic E-state index is 12.2. The molecule has 1 aliphatic rings. The van der Waals surface area contributed by atoms with Gasteiger partial charge in [0.2, 0.25) is 0 Å². The molecule has 1 aromatic rings. The van der Waals surface area contributed by atoms with E-state index in [1.807, 2.05) is 37.3 Å². The van der Waals surface area contributed by atoms with Gasteiger partial charge in [-0.1, -0.05) is 49.8 Å². The number of hydrogen-bond acceptors (Lipinski definition) is 2. The molecule has 0 saturated heterocycles. The molecule has 1 aliphatic carbocycles. The van der Waals surface area contributed by atoms with Crippen molar-refractivity contribution in [2.75, 3.05) is 0 Å². The molecule has 2 nitrogen and oxygen atoms in total. The van der Waals surface area contributed by atoms with Crippen LogP contribution in [0.3, 0.4) is 0 Å². The molecule has 4 heteroatoms. The Bertz CT molecular complexity index is 545. The number of rotatable bonds is 4. The van der Waals surface area contributed by atoms with Crippen molar-refractivity contribution in [3.05, 3.63) is 44.9 Å². The highest BCUT2D eigenvalue weighted by atomic mass is 79.9. The number of esters is 1. The molecule has 0 unspecified atom stereocenters. The molecule has 0 spiro atoms. The van der Waals surface area contributed by atoms with Crippen LogP contribution in [0.1, 0.15) is 25.0 Å². The summed E-state index contributed by atoms with van der Waals surface area (Å²) in [6.07, 6.45) is 2.03. The van der Waals surface area contributed by atoms with E-state index in [0.29, 0.717) is 6.61 Å². The van der Waals surface area contributed by atoms with Crippen LogP contribution >= 0.6 is 31.9 Å². The smallest absolute Gasteiger partial charge is 0.310 e. The van der Waals surface area contributed by atoms with Crippen LogP contribution in [0.5, 0.6) is 0 Å². The van der Waals surface area contributed by atoms with Crippen molar-refractivity contribution in [2.45, 2.75) is 27.4 Å². The van der Waals surface area contributed by atoms with Crippen molar-refractivity contribution in [3.63, 3.8) is 0 Å². The Balaban J connectivity index is 1.95. The molecular formula is C16H18Br2O2. The van der Waals surface area contributed by atoms with Crippen molar-refractivity contribution in [1.29, 1.82) is 0 Å². The molecule has 0 N–H and O–H groups in total. The zero-order chi connectivity index (χ0) is 14.9. The Morgan fingerprint density at radius 1 is 1.40 bits per heavy atom. The highest BCUT2D eigenvalue weighted by Gasteiger charge is 2.61. The van der Waals surface area contributed by atoms with Crippen molar-refractivity contribution in [1.82, 2.24) is 0 Å². The molecule has 0 amide bonds. The minimum absolute atomic E-state index is 0.0313. The molecule has 1 fully saturated rings. The lowest BCUT2D eigenvalue weighted by atomic mass is 10.1. The Kier molecular flexibility index (Phi) is 4.75. The van der Waals surface area contributed by atoms with Gasteiger partial charge < -0.3 is 4.74 Å². The summed E-state index contributed by atoms with van der Waals surface area (Å²) in [5.41, 5.74) is 2.18. The SMILES string of the molecule is Cc1cccc(COC(=O)[C@@H]2[C@@H](C=C(Br)Br)C2(C)C)c1. The summed E-state index contributed by atoms with van der Waals surface area (Å²) in [5, 5.41) is 0. The number of aryl methyl sites for hydroxylation is 1. The van der Waals surface area contributed by atoms with E-state index in [9.17, 15) is 4.79 Å². The second kappa shape index (κ2) is 6.02. The van der Waals surface area contributed by atoms with E-state index in [1.165, 1.54) is 5.56 Å². The van der Waals surface area contributed by atoms with Gasteiger partial charge in [0.1, 0.15) is 6.61 Å². The summed E-state index contributed by atoms with van der Waals surface area (Å²) in [6.45, 7) is 6.56. The maximum atomic E-state index is 12.2. The van der Waals surface area contributed by atoms with E-state index in [0.717, 1.165) is 8.96 Å². The number of carbonyl (C=O) groups is 1. The van der Waals surface area contributed by atoms with E-state index >= 15 is 0 Å². The van der Waals surface area contributed by atoms with Crippen molar-refractivity contribution in [3.8, 4) is 0 Å². The lowest BCUT2D eigenvalue weighted by Gasteiger charge is -2.06. The van der Waals surface area contributed by atoms with Crippen LogP contribution in [0.15, 0.2) is 33.7 Å². The Labute approximate surface area is 136 Å². The fraction of sp³-hybridized carbons (Fsp3) is 0.438. The minimum atomic E-state index is -0.112. The number of carbonyl (C=O) groups excluding carboxylic acids is 1. The zero-order valence-electron chi connectivity index (χ0n) is 11.8. The van der Waals surface area contributed by atoms with Gasteiger partial charge in [-0.3, -0.25) is 4.79 Å². The first-order chi connectivity index (χ1) is 9.32. The summed E-state index contributed by atoms with van der Waals surface area (Å²) in [6, 6.07) is 8.03.